The molecule has 0 aliphatic rings. The van der Waals surface area contributed by atoms with Crippen LogP contribution in [0.3, 0.4) is 0 Å². The summed E-state index contributed by atoms with van der Waals surface area (Å²) in [4.78, 5) is 36.1. The molecule has 0 radical (unpaired) electrons. The van der Waals surface area contributed by atoms with Crippen molar-refractivity contribution in [2.45, 2.75) is 44.6 Å². The van der Waals surface area contributed by atoms with Crippen molar-refractivity contribution in [3.8, 4) is 0 Å². The SMILES string of the molecule is CC(=O)c1cc2cc(CC(=O)c3ccc(CS(=O)(=O)C(C)(C)C)cc3)ccc2oc1=O. The fourth-order valence-corrected chi connectivity index (χ4v) is 4.10. The van der Waals surface area contributed by atoms with E-state index in [9.17, 15) is 22.8 Å². The van der Waals surface area contributed by atoms with Gasteiger partial charge in [0, 0.05) is 17.4 Å². The van der Waals surface area contributed by atoms with Crippen LogP contribution in [0.1, 0.15) is 59.5 Å². The molecule has 0 atom stereocenters. The standard InChI is InChI=1S/C24H24O6S/c1-15(25)20-13-19-11-17(7-10-22(19)30-23(20)27)12-21(26)18-8-5-16(6-9-18)14-31(28,29)24(2,3)4/h5-11,13H,12,14H2,1-4H3. The second kappa shape index (κ2) is 8.23. The van der Waals surface area contributed by atoms with Gasteiger partial charge in [0.05, 0.1) is 10.5 Å². The molecular weight excluding hydrogens is 416 g/mol. The summed E-state index contributed by atoms with van der Waals surface area (Å²) in [6.07, 6.45) is 0.115. The number of hydrogen-bond donors (Lipinski definition) is 0. The van der Waals surface area contributed by atoms with Gasteiger partial charge in [-0.1, -0.05) is 30.3 Å². The molecule has 0 aliphatic carbocycles. The Kier molecular flexibility index (Phi) is 6.00. The van der Waals surface area contributed by atoms with Crippen LogP contribution in [-0.4, -0.2) is 24.7 Å². The summed E-state index contributed by atoms with van der Waals surface area (Å²) >= 11 is 0. The average molecular weight is 441 g/mol. The molecule has 2 aromatic carbocycles. The second-order valence-electron chi connectivity index (χ2n) is 8.54. The number of carbonyl (C=O) groups is 2. The van der Waals surface area contributed by atoms with E-state index in [4.69, 9.17) is 4.42 Å². The lowest BCUT2D eigenvalue weighted by Crippen LogP contribution is -2.29. The Morgan fingerprint density at radius 1 is 0.935 bits per heavy atom. The van der Waals surface area contributed by atoms with E-state index in [-0.39, 0.29) is 29.3 Å². The molecule has 7 heteroatoms. The molecule has 3 rings (SSSR count). The number of hydrogen-bond acceptors (Lipinski definition) is 6. The molecule has 0 saturated heterocycles. The summed E-state index contributed by atoms with van der Waals surface area (Å²) < 4.78 is 29.0. The highest BCUT2D eigenvalue weighted by Gasteiger charge is 2.28. The van der Waals surface area contributed by atoms with Crippen molar-refractivity contribution in [2.75, 3.05) is 0 Å². The lowest BCUT2D eigenvalue weighted by atomic mass is 10.0. The molecule has 0 saturated carbocycles. The number of benzene rings is 2. The van der Waals surface area contributed by atoms with Gasteiger partial charge in [-0.25, -0.2) is 13.2 Å². The molecule has 1 aromatic heterocycles. The van der Waals surface area contributed by atoms with Gasteiger partial charge in [0.2, 0.25) is 0 Å². The van der Waals surface area contributed by atoms with Gasteiger partial charge in [0.1, 0.15) is 11.1 Å². The maximum absolute atomic E-state index is 12.7. The van der Waals surface area contributed by atoms with Gasteiger partial charge in [0.25, 0.3) is 0 Å². The molecule has 162 valence electrons. The molecule has 0 amide bonds. The number of sulfone groups is 1. The van der Waals surface area contributed by atoms with E-state index in [1.807, 2.05) is 0 Å². The third kappa shape index (κ3) is 4.99. The number of ketones is 2. The number of carbonyl (C=O) groups excluding carboxylic acids is 2. The van der Waals surface area contributed by atoms with E-state index >= 15 is 0 Å². The minimum atomic E-state index is -3.31. The fraction of sp³-hybridized carbons (Fsp3) is 0.292. The highest BCUT2D eigenvalue weighted by atomic mass is 32.2. The van der Waals surface area contributed by atoms with Crippen molar-refractivity contribution in [3.63, 3.8) is 0 Å². The summed E-state index contributed by atoms with van der Waals surface area (Å²) in [5.74, 6) is -0.598. The van der Waals surface area contributed by atoms with Crippen LogP contribution >= 0.6 is 0 Å². The third-order valence-electron chi connectivity index (χ3n) is 5.11. The van der Waals surface area contributed by atoms with Gasteiger partial charge >= 0.3 is 5.63 Å². The molecule has 6 nitrogen and oxygen atoms in total. The van der Waals surface area contributed by atoms with Crippen LogP contribution in [0.4, 0.5) is 0 Å². The van der Waals surface area contributed by atoms with E-state index in [2.05, 4.69) is 0 Å². The van der Waals surface area contributed by atoms with Crippen molar-refractivity contribution in [1.82, 2.24) is 0 Å². The molecule has 0 aliphatic heterocycles. The van der Waals surface area contributed by atoms with Crippen molar-refractivity contribution in [1.29, 1.82) is 0 Å². The van der Waals surface area contributed by atoms with Crippen LogP contribution in [0.15, 0.2) is 57.7 Å². The van der Waals surface area contributed by atoms with Crippen LogP contribution in [0.25, 0.3) is 11.0 Å². The Balaban J connectivity index is 1.80. The zero-order valence-corrected chi connectivity index (χ0v) is 18.7. The molecule has 1 heterocycles. The topological polar surface area (TPSA) is 98.5 Å². The molecular formula is C24H24O6S. The van der Waals surface area contributed by atoms with Crippen molar-refractivity contribution < 1.29 is 22.4 Å². The van der Waals surface area contributed by atoms with E-state index in [1.54, 1.807) is 63.2 Å². The van der Waals surface area contributed by atoms with Gasteiger partial charge in [-0.15, -0.1) is 0 Å². The number of Topliss-reactive ketones (excluding diaryl/α,β-unsaturated/α-hetero) is 2. The first-order chi connectivity index (χ1) is 14.4. The second-order valence-corrected chi connectivity index (χ2v) is 11.3. The van der Waals surface area contributed by atoms with Crippen molar-refractivity contribution in [2.24, 2.45) is 0 Å². The predicted molar refractivity (Wildman–Crippen MR) is 119 cm³/mol. The Bertz CT molecular complexity index is 1320. The molecule has 0 bridgehead atoms. The Hall–Kier alpha value is -3.06. The highest BCUT2D eigenvalue weighted by Crippen LogP contribution is 2.22. The van der Waals surface area contributed by atoms with Crippen LogP contribution in [-0.2, 0) is 22.0 Å². The van der Waals surface area contributed by atoms with E-state index in [1.165, 1.54) is 13.0 Å². The first-order valence-corrected chi connectivity index (χ1v) is 11.4. The average Bonchev–Trinajstić information content (AvgIpc) is 2.66. The van der Waals surface area contributed by atoms with E-state index in [0.29, 0.717) is 27.7 Å². The number of rotatable bonds is 6. The Labute approximate surface area is 180 Å². The quantitative estimate of drug-likeness (QED) is 0.422. The Morgan fingerprint density at radius 2 is 1.55 bits per heavy atom. The molecule has 3 aromatic rings. The summed E-state index contributed by atoms with van der Waals surface area (Å²) in [5.41, 5.74) is 1.44. The lowest BCUT2D eigenvalue weighted by molar-refractivity contribution is 0.0989. The van der Waals surface area contributed by atoms with Crippen LogP contribution in [0.5, 0.6) is 0 Å². The fourth-order valence-electron chi connectivity index (χ4n) is 3.04. The van der Waals surface area contributed by atoms with Crippen LogP contribution in [0, 0.1) is 0 Å². The monoisotopic (exact) mass is 440 g/mol. The maximum atomic E-state index is 12.7. The maximum Gasteiger partial charge on any atom is 0.347 e. The van der Waals surface area contributed by atoms with Gasteiger partial charge < -0.3 is 4.42 Å². The molecule has 0 fully saturated rings. The number of fused-ring (bicyclic) bond motifs is 1. The first kappa shape index (κ1) is 22.6. The first-order valence-electron chi connectivity index (χ1n) is 9.79. The largest absolute Gasteiger partial charge is 0.422 e. The van der Waals surface area contributed by atoms with Gasteiger partial charge in [-0.05, 0) is 57.0 Å². The summed E-state index contributed by atoms with van der Waals surface area (Å²) in [5, 5.41) is 0.567. The van der Waals surface area contributed by atoms with Crippen molar-refractivity contribution >= 4 is 32.4 Å². The summed E-state index contributed by atoms with van der Waals surface area (Å²) in [6.45, 7) is 6.28. The van der Waals surface area contributed by atoms with Gasteiger partial charge in [-0.3, -0.25) is 9.59 Å². The molecule has 31 heavy (non-hydrogen) atoms. The summed E-state index contributed by atoms with van der Waals surface area (Å²) in [7, 11) is -3.31. The zero-order valence-electron chi connectivity index (χ0n) is 17.9. The van der Waals surface area contributed by atoms with E-state index in [0.717, 1.165) is 0 Å². The van der Waals surface area contributed by atoms with E-state index < -0.39 is 20.2 Å². The lowest BCUT2D eigenvalue weighted by Gasteiger charge is -2.19. The Morgan fingerprint density at radius 3 is 2.13 bits per heavy atom. The minimum absolute atomic E-state index is 0.0308. The molecule has 0 N–H and O–H groups in total. The van der Waals surface area contributed by atoms with Crippen LogP contribution in [0.2, 0.25) is 0 Å². The zero-order chi connectivity index (χ0) is 23.0. The normalized spacial score (nSPS) is 12.1. The molecule has 0 spiro atoms. The summed E-state index contributed by atoms with van der Waals surface area (Å²) in [6, 6.07) is 13.1. The smallest absolute Gasteiger partial charge is 0.347 e. The predicted octanol–water partition coefficient (Wildman–Crippen LogP) is 4.13. The molecule has 0 unspecified atom stereocenters. The third-order valence-corrected chi connectivity index (χ3v) is 7.69. The van der Waals surface area contributed by atoms with Crippen molar-refractivity contribution in [3.05, 3.63) is 81.2 Å². The van der Waals surface area contributed by atoms with Gasteiger partial charge in [0.15, 0.2) is 21.4 Å². The van der Waals surface area contributed by atoms with Gasteiger partial charge in [-0.2, -0.15) is 0 Å². The minimum Gasteiger partial charge on any atom is -0.422 e. The highest BCUT2D eigenvalue weighted by molar-refractivity contribution is 7.91. The van der Waals surface area contributed by atoms with Crippen LogP contribution < -0.4 is 5.63 Å².